The SMILES string of the molecule is CC[C@@H](O)[C@@H](N)c1ccc(Cl)c([N+](=O)[O-])c1.Cl. The molecule has 3 N–H and O–H groups in total. The molecule has 0 aliphatic heterocycles. The van der Waals surface area contributed by atoms with E-state index < -0.39 is 17.1 Å². The summed E-state index contributed by atoms with van der Waals surface area (Å²) in [4.78, 5) is 10.1. The zero-order chi connectivity index (χ0) is 12.3. The van der Waals surface area contributed by atoms with Gasteiger partial charge >= 0.3 is 0 Å². The van der Waals surface area contributed by atoms with Gasteiger partial charge in [0.1, 0.15) is 5.02 Å². The standard InChI is InChI=1S/C10H13ClN2O3.ClH/c1-2-9(14)10(12)6-3-4-7(11)8(5-6)13(15)16;/h3-5,9-10,14H,2,12H2,1H3;1H/t9-,10+;/m1./s1. The van der Waals surface area contributed by atoms with Crippen LogP contribution in [0.2, 0.25) is 5.02 Å². The Balaban J connectivity index is 0.00000256. The molecule has 2 atom stereocenters. The van der Waals surface area contributed by atoms with Gasteiger partial charge in [0.15, 0.2) is 0 Å². The lowest BCUT2D eigenvalue weighted by Crippen LogP contribution is -2.25. The summed E-state index contributed by atoms with van der Waals surface area (Å²) < 4.78 is 0. The van der Waals surface area contributed by atoms with Gasteiger partial charge in [0.05, 0.1) is 17.1 Å². The Morgan fingerprint density at radius 3 is 2.65 bits per heavy atom. The molecule has 0 spiro atoms. The topological polar surface area (TPSA) is 89.4 Å². The van der Waals surface area contributed by atoms with Crippen molar-refractivity contribution in [3.8, 4) is 0 Å². The van der Waals surface area contributed by atoms with Crippen LogP contribution in [0.3, 0.4) is 0 Å². The fourth-order valence-electron chi connectivity index (χ4n) is 1.35. The molecule has 1 aromatic carbocycles. The number of nitro benzene ring substituents is 1. The first-order chi connectivity index (χ1) is 7.47. The largest absolute Gasteiger partial charge is 0.391 e. The zero-order valence-corrected chi connectivity index (χ0v) is 10.7. The number of benzene rings is 1. The highest BCUT2D eigenvalue weighted by atomic mass is 35.5. The molecule has 0 amide bonds. The van der Waals surface area contributed by atoms with E-state index in [9.17, 15) is 15.2 Å². The molecular weight excluding hydrogens is 267 g/mol. The minimum Gasteiger partial charge on any atom is -0.391 e. The van der Waals surface area contributed by atoms with E-state index in [1.807, 2.05) is 0 Å². The van der Waals surface area contributed by atoms with E-state index >= 15 is 0 Å². The molecule has 1 aromatic rings. The van der Waals surface area contributed by atoms with Gasteiger partial charge in [0, 0.05) is 6.07 Å². The van der Waals surface area contributed by atoms with Crippen LogP contribution in [-0.4, -0.2) is 16.1 Å². The smallest absolute Gasteiger partial charge is 0.288 e. The molecule has 96 valence electrons. The average molecular weight is 281 g/mol. The summed E-state index contributed by atoms with van der Waals surface area (Å²) in [6, 6.07) is 3.66. The normalized spacial score (nSPS) is 13.6. The fourth-order valence-corrected chi connectivity index (χ4v) is 1.54. The quantitative estimate of drug-likeness (QED) is 0.655. The molecule has 0 unspecified atom stereocenters. The van der Waals surface area contributed by atoms with E-state index in [0.29, 0.717) is 12.0 Å². The predicted molar refractivity (Wildman–Crippen MR) is 68.6 cm³/mol. The van der Waals surface area contributed by atoms with Crippen LogP contribution in [0.25, 0.3) is 0 Å². The van der Waals surface area contributed by atoms with Crippen LogP contribution in [0.15, 0.2) is 18.2 Å². The molecule has 7 heteroatoms. The number of halogens is 2. The number of hydrogen-bond acceptors (Lipinski definition) is 4. The van der Waals surface area contributed by atoms with Gasteiger partial charge in [-0.15, -0.1) is 12.4 Å². The number of nitrogens with two attached hydrogens (primary N) is 1. The second kappa shape index (κ2) is 6.76. The molecule has 0 saturated heterocycles. The molecule has 5 nitrogen and oxygen atoms in total. The molecule has 0 bridgehead atoms. The van der Waals surface area contributed by atoms with Crippen LogP contribution in [0, 0.1) is 10.1 Å². The van der Waals surface area contributed by atoms with Gasteiger partial charge < -0.3 is 10.8 Å². The van der Waals surface area contributed by atoms with E-state index in [1.54, 1.807) is 13.0 Å². The monoisotopic (exact) mass is 280 g/mol. The third-order valence-corrected chi connectivity index (χ3v) is 2.70. The summed E-state index contributed by atoms with van der Waals surface area (Å²) in [6.07, 6.45) is -0.238. The Morgan fingerprint density at radius 1 is 1.59 bits per heavy atom. The number of rotatable bonds is 4. The van der Waals surface area contributed by atoms with Crippen molar-refractivity contribution in [2.75, 3.05) is 0 Å². The molecule has 0 heterocycles. The van der Waals surface area contributed by atoms with Crippen molar-refractivity contribution in [2.24, 2.45) is 5.73 Å². The van der Waals surface area contributed by atoms with E-state index in [1.165, 1.54) is 12.1 Å². The fraction of sp³-hybridized carbons (Fsp3) is 0.400. The van der Waals surface area contributed by atoms with Crippen molar-refractivity contribution in [2.45, 2.75) is 25.5 Å². The zero-order valence-electron chi connectivity index (χ0n) is 9.17. The van der Waals surface area contributed by atoms with Crippen LogP contribution in [0.1, 0.15) is 24.9 Å². The van der Waals surface area contributed by atoms with Crippen molar-refractivity contribution >= 4 is 29.7 Å². The van der Waals surface area contributed by atoms with Crippen molar-refractivity contribution < 1.29 is 10.0 Å². The Morgan fingerprint density at radius 2 is 2.18 bits per heavy atom. The van der Waals surface area contributed by atoms with Gasteiger partial charge in [0.25, 0.3) is 5.69 Å². The first-order valence-corrected chi connectivity index (χ1v) is 5.22. The molecule has 1 rings (SSSR count). The Bertz CT molecular complexity index is 401. The van der Waals surface area contributed by atoms with E-state index in [0.717, 1.165) is 0 Å². The summed E-state index contributed by atoms with van der Waals surface area (Å²) in [5.74, 6) is 0. The molecule has 0 radical (unpaired) electrons. The molecule has 17 heavy (non-hydrogen) atoms. The van der Waals surface area contributed by atoms with Crippen molar-refractivity contribution in [1.29, 1.82) is 0 Å². The van der Waals surface area contributed by atoms with Gasteiger partial charge in [0.2, 0.25) is 0 Å². The van der Waals surface area contributed by atoms with Gasteiger partial charge in [-0.2, -0.15) is 0 Å². The van der Waals surface area contributed by atoms with Crippen LogP contribution >= 0.6 is 24.0 Å². The second-order valence-electron chi connectivity index (χ2n) is 3.47. The Labute approximate surface area is 110 Å². The first-order valence-electron chi connectivity index (χ1n) is 4.84. The average Bonchev–Trinajstić information content (AvgIpc) is 2.27. The van der Waals surface area contributed by atoms with Crippen LogP contribution < -0.4 is 5.73 Å². The van der Waals surface area contributed by atoms with Gasteiger partial charge in [-0.25, -0.2) is 0 Å². The number of aliphatic hydroxyl groups is 1. The Kier molecular flexibility index (Phi) is 6.41. The highest BCUT2D eigenvalue weighted by Crippen LogP contribution is 2.28. The Hall–Kier alpha value is -0.880. The first kappa shape index (κ1) is 16.1. The van der Waals surface area contributed by atoms with Crippen LogP contribution in [0.4, 0.5) is 5.69 Å². The number of nitrogens with zero attached hydrogens (tertiary/aromatic N) is 1. The highest BCUT2D eigenvalue weighted by Gasteiger charge is 2.19. The summed E-state index contributed by atoms with van der Waals surface area (Å²) in [5, 5.41) is 20.3. The lowest BCUT2D eigenvalue weighted by atomic mass is 10.0. The maximum Gasteiger partial charge on any atom is 0.288 e. The lowest BCUT2D eigenvalue weighted by Gasteiger charge is -2.17. The van der Waals surface area contributed by atoms with Gasteiger partial charge in [-0.3, -0.25) is 10.1 Å². The molecule has 0 aromatic heterocycles. The minimum atomic E-state index is -0.722. The summed E-state index contributed by atoms with van der Waals surface area (Å²) in [6.45, 7) is 1.79. The number of nitro groups is 1. The molecular formula is C10H14Cl2N2O3. The maximum atomic E-state index is 10.7. The maximum absolute atomic E-state index is 10.7. The number of aliphatic hydroxyl groups excluding tert-OH is 1. The van der Waals surface area contributed by atoms with Crippen LogP contribution in [-0.2, 0) is 0 Å². The molecule has 0 saturated carbocycles. The second-order valence-corrected chi connectivity index (χ2v) is 3.88. The predicted octanol–water partition coefficient (Wildman–Crippen LogP) is 2.44. The molecule has 0 aliphatic carbocycles. The van der Waals surface area contributed by atoms with Gasteiger partial charge in [-0.05, 0) is 18.1 Å². The minimum absolute atomic E-state index is 0. The van der Waals surface area contributed by atoms with E-state index in [4.69, 9.17) is 17.3 Å². The third kappa shape index (κ3) is 3.81. The number of hydrogen-bond donors (Lipinski definition) is 2. The summed E-state index contributed by atoms with van der Waals surface area (Å²) in [5.41, 5.74) is 6.06. The van der Waals surface area contributed by atoms with Crippen LogP contribution in [0.5, 0.6) is 0 Å². The summed E-state index contributed by atoms with van der Waals surface area (Å²) in [7, 11) is 0. The molecule has 0 fully saturated rings. The van der Waals surface area contributed by atoms with Crippen molar-refractivity contribution in [3.05, 3.63) is 38.9 Å². The van der Waals surface area contributed by atoms with Crippen molar-refractivity contribution in [1.82, 2.24) is 0 Å². The highest BCUT2D eigenvalue weighted by molar-refractivity contribution is 6.32. The van der Waals surface area contributed by atoms with Crippen molar-refractivity contribution in [3.63, 3.8) is 0 Å². The summed E-state index contributed by atoms with van der Waals surface area (Å²) >= 11 is 5.66. The van der Waals surface area contributed by atoms with E-state index in [-0.39, 0.29) is 23.1 Å². The van der Waals surface area contributed by atoms with Gasteiger partial charge in [-0.1, -0.05) is 24.6 Å². The molecule has 0 aliphatic rings. The van der Waals surface area contributed by atoms with E-state index in [2.05, 4.69) is 0 Å². The lowest BCUT2D eigenvalue weighted by molar-refractivity contribution is -0.384. The third-order valence-electron chi connectivity index (χ3n) is 2.38.